The lowest BCUT2D eigenvalue weighted by Crippen LogP contribution is -2.67. The lowest BCUT2D eigenvalue weighted by molar-refractivity contribution is -0.138. The molecule has 0 saturated carbocycles. The van der Waals surface area contributed by atoms with E-state index in [0.717, 1.165) is 78.5 Å². The van der Waals surface area contributed by atoms with E-state index in [1.165, 1.54) is 29.4 Å². The van der Waals surface area contributed by atoms with Crippen LogP contribution in [-0.4, -0.2) is 20.2 Å². The Morgan fingerprint density at radius 2 is 0.868 bits per heavy atom. The highest BCUT2D eigenvalue weighted by atomic mass is 19.4. The van der Waals surface area contributed by atoms with Crippen molar-refractivity contribution in [1.82, 2.24) is 4.48 Å². The fourth-order valence-electron chi connectivity index (χ4n) is 6.98. The van der Waals surface area contributed by atoms with Crippen LogP contribution < -0.4 is 20.9 Å². The number of para-hydroxylation sites is 1. The van der Waals surface area contributed by atoms with Crippen molar-refractivity contribution < 1.29 is 39.5 Å². The van der Waals surface area contributed by atoms with Crippen molar-refractivity contribution in [2.45, 2.75) is 64.0 Å². The first-order valence-electron chi connectivity index (χ1n) is 17.5. The minimum absolute atomic E-state index is 0.0324. The molecule has 53 heavy (non-hydrogen) atoms. The maximum absolute atomic E-state index is 13.7. The molecule has 11 heteroatoms. The number of benzene rings is 5. The number of quaternary nitrogens is 1. The van der Waals surface area contributed by atoms with Gasteiger partial charge in [0.2, 0.25) is 0 Å². The van der Waals surface area contributed by atoms with E-state index >= 15 is 0 Å². The van der Waals surface area contributed by atoms with E-state index in [1.54, 1.807) is 0 Å². The van der Waals surface area contributed by atoms with Gasteiger partial charge in [0.25, 0.3) is 0 Å². The van der Waals surface area contributed by atoms with Gasteiger partial charge in [-0.1, -0.05) is 154 Å². The standard InChI is InChI=1S/C27H25BF9.C15H18N/c1-2-3-4-5-15-28(22-12-6-9-19(16-22)25(29,30)31,23-13-7-10-20(17-23)26(32,33)34)24-14-8-11-21(18-24)27(35,36)37;1-16(2,15-11-7-4-8-12-15)13-14-9-5-3-6-10-14/h6-14,16-18H,2-5,15H2,1H3;3-12H,13H2,1-2H3/q-1;+1. The van der Waals surface area contributed by atoms with Crippen LogP contribution in [0.3, 0.4) is 0 Å². The van der Waals surface area contributed by atoms with Gasteiger partial charge in [0.05, 0.1) is 36.9 Å². The average Bonchev–Trinajstić information content (AvgIpc) is 3.12. The van der Waals surface area contributed by atoms with E-state index < -0.39 is 41.4 Å². The molecule has 5 aromatic carbocycles. The summed E-state index contributed by atoms with van der Waals surface area (Å²) in [6.07, 6.45) is -14.2. The Morgan fingerprint density at radius 3 is 1.25 bits per heavy atom. The molecule has 0 heterocycles. The number of hydrogen-bond donors (Lipinski definition) is 0. The maximum Gasteiger partial charge on any atom is 0.416 e. The summed E-state index contributed by atoms with van der Waals surface area (Å²) in [5.74, 6) is 0. The molecule has 0 amide bonds. The Hall–Kier alpha value is -4.51. The summed E-state index contributed by atoms with van der Waals surface area (Å²) >= 11 is 0. The van der Waals surface area contributed by atoms with Crippen molar-refractivity contribution in [3.63, 3.8) is 0 Å². The molecule has 0 aliphatic rings. The second-order valence-corrected chi connectivity index (χ2v) is 13.9. The highest BCUT2D eigenvalue weighted by Gasteiger charge is 2.38. The Kier molecular flexibility index (Phi) is 13.3. The lowest BCUT2D eigenvalue weighted by atomic mass is 9.14. The van der Waals surface area contributed by atoms with Gasteiger partial charge in [-0.2, -0.15) is 62.2 Å². The van der Waals surface area contributed by atoms with Crippen LogP contribution in [0.2, 0.25) is 6.32 Å². The Labute approximate surface area is 305 Å². The molecular formula is C42H43BF9N. The van der Waals surface area contributed by atoms with Crippen LogP contribution in [0.1, 0.15) is 54.9 Å². The molecule has 0 aliphatic heterocycles. The van der Waals surface area contributed by atoms with E-state index in [2.05, 4.69) is 74.8 Å². The van der Waals surface area contributed by atoms with Crippen molar-refractivity contribution in [1.29, 1.82) is 0 Å². The molecule has 5 rings (SSSR count). The largest absolute Gasteiger partial charge is 0.416 e. The molecule has 1 nitrogen and oxygen atoms in total. The number of unbranched alkanes of at least 4 members (excludes halogenated alkanes) is 3. The Morgan fingerprint density at radius 1 is 0.472 bits per heavy atom. The zero-order valence-electron chi connectivity index (χ0n) is 29.9. The average molecular weight is 744 g/mol. The summed E-state index contributed by atoms with van der Waals surface area (Å²) in [5.41, 5.74) is -0.265. The third-order valence-corrected chi connectivity index (χ3v) is 9.72. The molecule has 0 fully saturated rings. The van der Waals surface area contributed by atoms with Gasteiger partial charge >= 0.3 is 18.5 Å². The minimum Gasteiger partial charge on any atom is -0.292 e. The van der Waals surface area contributed by atoms with Crippen molar-refractivity contribution in [3.8, 4) is 0 Å². The number of rotatable bonds is 11. The first-order chi connectivity index (χ1) is 24.9. The van der Waals surface area contributed by atoms with Crippen LogP contribution in [0.5, 0.6) is 0 Å². The zero-order valence-corrected chi connectivity index (χ0v) is 29.9. The minimum atomic E-state index is -4.75. The molecule has 0 aromatic heterocycles. The SMILES string of the molecule is CCCCCC[B-](c1cccc(C(F)(F)F)c1)(c1cccc(C(F)(F)F)c1)c1cccc(C(F)(F)F)c1.C[N+](C)(Cc1ccccc1)c1ccccc1. The fraction of sp³-hybridized carbons (Fsp3) is 0.286. The first kappa shape index (κ1) is 41.3. The van der Waals surface area contributed by atoms with E-state index in [1.807, 2.05) is 6.92 Å². The van der Waals surface area contributed by atoms with Crippen LogP contribution in [0, 0.1) is 0 Å². The van der Waals surface area contributed by atoms with Gasteiger partial charge in [-0.3, -0.25) is 4.48 Å². The maximum atomic E-state index is 13.7. The number of halogens is 9. The molecule has 0 spiro atoms. The first-order valence-corrected chi connectivity index (χ1v) is 17.5. The van der Waals surface area contributed by atoms with Gasteiger partial charge in [0, 0.05) is 5.56 Å². The van der Waals surface area contributed by atoms with Crippen molar-refractivity contribution in [2.24, 2.45) is 0 Å². The molecule has 0 N–H and O–H groups in total. The summed E-state index contributed by atoms with van der Waals surface area (Å²) in [4.78, 5) is 0. The second kappa shape index (κ2) is 17.1. The molecule has 282 valence electrons. The van der Waals surface area contributed by atoms with E-state index in [4.69, 9.17) is 0 Å². The molecule has 0 radical (unpaired) electrons. The second-order valence-electron chi connectivity index (χ2n) is 13.9. The number of alkyl halides is 9. The Bertz CT molecular complexity index is 1740. The van der Waals surface area contributed by atoms with Gasteiger partial charge in [0.1, 0.15) is 12.2 Å². The highest BCUT2D eigenvalue weighted by molar-refractivity contribution is 7.11. The van der Waals surface area contributed by atoms with Gasteiger partial charge in [-0.05, 0) is 12.1 Å². The van der Waals surface area contributed by atoms with Gasteiger partial charge in [-0.25, -0.2) is 0 Å². The summed E-state index contributed by atoms with van der Waals surface area (Å²) < 4.78 is 124. The number of hydrogen-bond acceptors (Lipinski definition) is 0. The van der Waals surface area contributed by atoms with Crippen molar-refractivity contribution in [2.75, 3.05) is 14.1 Å². The fourth-order valence-corrected chi connectivity index (χ4v) is 6.98. The van der Waals surface area contributed by atoms with Crippen LogP contribution in [0.25, 0.3) is 0 Å². The van der Waals surface area contributed by atoms with Crippen LogP contribution >= 0.6 is 0 Å². The summed E-state index contributed by atoms with van der Waals surface area (Å²) in [6, 6.07) is 33.8. The molecular weight excluding hydrogens is 700 g/mol. The highest BCUT2D eigenvalue weighted by Crippen LogP contribution is 2.33. The zero-order chi connectivity index (χ0) is 38.9. The van der Waals surface area contributed by atoms with Gasteiger partial charge in [-0.15, -0.1) is 0 Å². The third kappa shape index (κ3) is 10.8. The molecule has 0 saturated heterocycles. The topological polar surface area (TPSA) is 0 Å². The van der Waals surface area contributed by atoms with Crippen LogP contribution in [0.15, 0.2) is 133 Å². The monoisotopic (exact) mass is 743 g/mol. The lowest BCUT2D eigenvalue weighted by Gasteiger charge is -2.44. The van der Waals surface area contributed by atoms with Crippen LogP contribution in [0.4, 0.5) is 45.2 Å². The van der Waals surface area contributed by atoms with Crippen LogP contribution in [-0.2, 0) is 25.1 Å². The summed E-state index contributed by atoms with van der Waals surface area (Å²) in [6.45, 7) is 2.95. The normalized spacial score (nSPS) is 12.6. The van der Waals surface area contributed by atoms with Gasteiger partial charge < -0.3 is 0 Å². The third-order valence-electron chi connectivity index (χ3n) is 9.72. The predicted octanol–water partition coefficient (Wildman–Crippen LogP) is 11.2. The molecule has 0 atom stereocenters. The van der Waals surface area contributed by atoms with Gasteiger partial charge in [0.15, 0.2) is 0 Å². The quantitative estimate of drug-likeness (QED) is 0.0547. The molecule has 5 aromatic rings. The molecule has 0 aliphatic carbocycles. The number of nitrogens with zero attached hydrogens (tertiary/aromatic N) is 1. The van der Waals surface area contributed by atoms with E-state index in [9.17, 15) is 39.5 Å². The van der Waals surface area contributed by atoms with Crippen molar-refractivity contribution >= 4 is 28.2 Å². The van der Waals surface area contributed by atoms with E-state index in [-0.39, 0.29) is 22.7 Å². The Balaban J connectivity index is 0.000000324. The van der Waals surface area contributed by atoms with E-state index in [0.29, 0.717) is 12.8 Å². The smallest absolute Gasteiger partial charge is 0.292 e. The molecule has 0 unspecified atom stereocenters. The van der Waals surface area contributed by atoms with Crippen molar-refractivity contribution in [3.05, 3.63) is 156 Å². The summed E-state index contributed by atoms with van der Waals surface area (Å²) in [5, 5.41) is 0. The summed E-state index contributed by atoms with van der Waals surface area (Å²) in [7, 11) is 4.48. The molecule has 0 bridgehead atoms. The predicted molar refractivity (Wildman–Crippen MR) is 198 cm³/mol.